The van der Waals surface area contributed by atoms with Crippen LogP contribution in [0.3, 0.4) is 0 Å². The van der Waals surface area contributed by atoms with Crippen LogP contribution in [0.2, 0.25) is 0 Å². The topological polar surface area (TPSA) is 47.6 Å². The maximum Gasteiger partial charge on any atom is 0.102 e. The van der Waals surface area contributed by atoms with Gasteiger partial charge in [-0.2, -0.15) is 10.5 Å². The average molecular weight is 250 g/mol. The number of thiophene rings is 1. The van der Waals surface area contributed by atoms with Gasteiger partial charge in [-0.1, -0.05) is 35.9 Å². The van der Waals surface area contributed by atoms with E-state index in [4.69, 9.17) is 0 Å². The summed E-state index contributed by atoms with van der Waals surface area (Å²) < 4.78 is 0. The van der Waals surface area contributed by atoms with Crippen LogP contribution in [-0.4, -0.2) is 0 Å². The number of hydrogen-bond acceptors (Lipinski definition) is 3. The maximum absolute atomic E-state index is 9.29. The van der Waals surface area contributed by atoms with E-state index < -0.39 is 0 Å². The fourth-order valence-corrected chi connectivity index (χ4v) is 2.37. The van der Waals surface area contributed by atoms with Crippen molar-refractivity contribution >= 4 is 22.5 Å². The predicted molar refractivity (Wildman–Crippen MR) is 73.5 cm³/mol. The first kappa shape index (κ1) is 12.1. The Morgan fingerprint density at radius 3 is 2.17 bits per heavy atom. The van der Waals surface area contributed by atoms with Crippen molar-refractivity contribution in [2.24, 2.45) is 0 Å². The zero-order chi connectivity index (χ0) is 13.0. The van der Waals surface area contributed by atoms with Gasteiger partial charge in [0.25, 0.3) is 0 Å². The van der Waals surface area contributed by atoms with Crippen molar-refractivity contribution in [2.75, 3.05) is 0 Å². The van der Waals surface area contributed by atoms with E-state index >= 15 is 0 Å². The minimum absolute atomic E-state index is 0.431. The molecule has 0 spiro atoms. The first-order valence-corrected chi connectivity index (χ1v) is 6.29. The van der Waals surface area contributed by atoms with Crippen LogP contribution in [0.5, 0.6) is 0 Å². The summed E-state index contributed by atoms with van der Waals surface area (Å²) in [5, 5.41) is 20.5. The van der Waals surface area contributed by atoms with Gasteiger partial charge in [0.2, 0.25) is 0 Å². The fraction of sp³-hybridized carbons (Fsp3) is 0.0667. The summed E-state index contributed by atoms with van der Waals surface area (Å²) in [5.74, 6) is 0. The van der Waals surface area contributed by atoms with Crippen molar-refractivity contribution in [1.82, 2.24) is 0 Å². The lowest BCUT2D eigenvalue weighted by Crippen LogP contribution is -1.87. The van der Waals surface area contributed by atoms with Crippen LogP contribution in [0.1, 0.15) is 16.0 Å². The van der Waals surface area contributed by atoms with E-state index in [0.717, 1.165) is 16.0 Å². The van der Waals surface area contributed by atoms with Gasteiger partial charge in [-0.05, 0) is 23.9 Å². The molecule has 0 fully saturated rings. The fourth-order valence-electron chi connectivity index (χ4n) is 1.64. The van der Waals surface area contributed by atoms with Gasteiger partial charge < -0.3 is 0 Å². The second kappa shape index (κ2) is 5.31. The molecule has 0 bridgehead atoms. The molecule has 0 aliphatic carbocycles. The molecular formula is C15H10N2S. The molecule has 18 heavy (non-hydrogen) atoms. The van der Waals surface area contributed by atoms with Crippen LogP contribution >= 0.6 is 11.3 Å². The largest absolute Gasteiger partial charge is 0.192 e. The minimum Gasteiger partial charge on any atom is -0.192 e. The van der Waals surface area contributed by atoms with E-state index in [0.29, 0.717) is 11.1 Å². The van der Waals surface area contributed by atoms with Gasteiger partial charge in [0.15, 0.2) is 0 Å². The Balaban J connectivity index is 2.60. The van der Waals surface area contributed by atoms with E-state index in [2.05, 4.69) is 12.1 Å². The monoisotopic (exact) mass is 250 g/mol. The molecule has 0 aliphatic heterocycles. The van der Waals surface area contributed by atoms with E-state index in [1.54, 1.807) is 0 Å². The van der Waals surface area contributed by atoms with Crippen molar-refractivity contribution in [1.29, 1.82) is 10.5 Å². The Morgan fingerprint density at radius 2 is 1.67 bits per heavy atom. The van der Waals surface area contributed by atoms with Crippen molar-refractivity contribution in [2.45, 2.75) is 6.92 Å². The van der Waals surface area contributed by atoms with Gasteiger partial charge in [-0.25, -0.2) is 0 Å². The van der Waals surface area contributed by atoms with Crippen LogP contribution < -0.4 is 0 Å². The smallest absolute Gasteiger partial charge is 0.102 e. The molecule has 0 N–H and O–H groups in total. The Kier molecular flexibility index (Phi) is 3.57. The van der Waals surface area contributed by atoms with Crippen LogP contribution in [-0.2, 0) is 0 Å². The summed E-state index contributed by atoms with van der Waals surface area (Å²) >= 11 is 1.47. The first-order chi connectivity index (χ1) is 8.76. The summed E-state index contributed by atoms with van der Waals surface area (Å²) in [7, 11) is 0. The van der Waals surface area contributed by atoms with Gasteiger partial charge >= 0.3 is 0 Å². The lowest BCUT2D eigenvalue weighted by Gasteiger charge is -2.02. The number of rotatable bonds is 2. The molecule has 86 valence electrons. The van der Waals surface area contributed by atoms with Crippen molar-refractivity contribution in [3.05, 3.63) is 57.8 Å². The first-order valence-electron chi connectivity index (χ1n) is 5.41. The van der Waals surface area contributed by atoms with Crippen LogP contribution in [0.15, 0.2) is 41.8 Å². The summed E-state index contributed by atoms with van der Waals surface area (Å²) in [5.41, 5.74) is 2.79. The standard InChI is InChI=1S/C15H10N2S/c1-11-4-6-12(7-5-11)13(9-16)14(10-17)15-3-2-8-18-15/h2-8H,1H3/b14-13+. The van der Waals surface area contributed by atoms with E-state index in [9.17, 15) is 10.5 Å². The molecule has 1 aromatic carbocycles. The van der Waals surface area contributed by atoms with Crippen molar-refractivity contribution in [3.63, 3.8) is 0 Å². The molecule has 1 aromatic heterocycles. The second-order valence-electron chi connectivity index (χ2n) is 3.82. The number of aryl methyl sites for hydroxylation is 1. The van der Waals surface area contributed by atoms with Crippen molar-refractivity contribution in [3.8, 4) is 12.1 Å². The zero-order valence-corrected chi connectivity index (χ0v) is 10.7. The molecule has 0 unspecified atom stereocenters. The maximum atomic E-state index is 9.29. The summed E-state index contributed by atoms with van der Waals surface area (Å²) in [6.45, 7) is 1.99. The van der Waals surface area contributed by atoms with Gasteiger partial charge in [0, 0.05) is 4.88 Å². The van der Waals surface area contributed by atoms with E-state index in [-0.39, 0.29) is 0 Å². The molecule has 3 heteroatoms. The highest BCUT2D eigenvalue weighted by molar-refractivity contribution is 7.11. The third-order valence-electron chi connectivity index (χ3n) is 2.58. The van der Waals surface area contributed by atoms with E-state index in [1.807, 2.05) is 48.7 Å². The lowest BCUT2D eigenvalue weighted by atomic mass is 10.00. The van der Waals surface area contributed by atoms with Gasteiger partial charge in [0.05, 0.1) is 11.1 Å². The molecule has 0 aliphatic rings. The molecule has 2 nitrogen and oxygen atoms in total. The molecule has 0 amide bonds. The summed E-state index contributed by atoms with van der Waals surface area (Å²) in [6.07, 6.45) is 0. The van der Waals surface area contributed by atoms with E-state index in [1.165, 1.54) is 11.3 Å². The van der Waals surface area contributed by atoms with Crippen LogP contribution in [0.25, 0.3) is 11.1 Å². The van der Waals surface area contributed by atoms with Crippen LogP contribution in [0, 0.1) is 29.6 Å². The zero-order valence-electron chi connectivity index (χ0n) is 9.84. The number of allylic oxidation sites excluding steroid dienone is 2. The molecule has 0 atom stereocenters. The molecular weight excluding hydrogens is 240 g/mol. The lowest BCUT2D eigenvalue weighted by molar-refractivity contribution is 1.45. The number of benzene rings is 1. The Bertz CT molecular complexity index is 650. The highest BCUT2D eigenvalue weighted by Crippen LogP contribution is 2.28. The molecule has 0 saturated heterocycles. The number of nitriles is 2. The summed E-state index contributed by atoms with van der Waals surface area (Å²) in [4.78, 5) is 0.828. The molecule has 0 radical (unpaired) electrons. The van der Waals surface area contributed by atoms with Crippen LogP contribution in [0.4, 0.5) is 0 Å². The second-order valence-corrected chi connectivity index (χ2v) is 4.76. The highest BCUT2D eigenvalue weighted by Gasteiger charge is 2.11. The summed E-state index contributed by atoms with van der Waals surface area (Å²) in [6, 6.07) is 15.6. The predicted octanol–water partition coefficient (Wildman–Crippen LogP) is 4.01. The SMILES string of the molecule is Cc1ccc(/C(C#N)=C(\C#N)c2cccs2)cc1. The Labute approximate surface area is 110 Å². The van der Waals surface area contributed by atoms with Gasteiger partial charge in [-0.3, -0.25) is 0 Å². The van der Waals surface area contributed by atoms with Crippen molar-refractivity contribution < 1.29 is 0 Å². The number of nitrogens with zero attached hydrogens (tertiary/aromatic N) is 2. The van der Waals surface area contributed by atoms with Gasteiger partial charge in [0.1, 0.15) is 12.1 Å². The third-order valence-corrected chi connectivity index (χ3v) is 3.47. The highest BCUT2D eigenvalue weighted by atomic mass is 32.1. The minimum atomic E-state index is 0.431. The normalized spacial score (nSPS) is 11.3. The molecule has 0 saturated carbocycles. The average Bonchev–Trinajstić information content (AvgIpc) is 2.91. The molecule has 2 aromatic rings. The third kappa shape index (κ3) is 2.32. The Morgan fingerprint density at radius 1 is 1.00 bits per heavy atom. The quantitative estimate of drug-likeness (QED) is 0.756. The van der Waals surface area contributed by atoms with Gasteiger partial charge in [-0.15, -0.1) is 11.3 Å². The Hall–Kier alpha value is -2.36. The number of hydrogen-bond donors (Lipinski definition) is 0. The molecule has 2 rings (SSSR count). The molecule has 1 heterocycles.